The first-order valence-electron chi connectivity index (χ1n) is 10.1. The molecule has 0 spiro atoms. The van der Waals surface area contributed by atoms with Crippen LogP contribution in [0.5, 0.6) is 0 Å². The van der Waals surface area contributed by atoms with Crippen LogP contribution in [0.15, 0.2) is 77.4 Å². The zero-order chi connectivity index (χ0) is 22.1. The van der Waals surface area contributed by atoms with Gasteiger partial charge in [-0.1, -0.05) is 46.3 Å². The fourth-order valence-corrected chi connectivity index (χ4v) is 4.19. The Morgan fingerprint density at radius 3 is 2.16 bits per heavy atom. The molecular formula is C24H20BrN5O2. The summed E-state index contributed by atoms with van der Waals surface area (Å²) in [7, 11) is 0. The lowest BCUT2D eigenvalue weighted by Crippen LogP contribution is -2.36. The highest BCUT2D eigenvalue weighted by atomic mass is 79.9. The Morgan fingerprint density at radius 2 is 1.44 bits per heavy atom. The quantitative estimate of drug-likeness (QED) is 0.437. The third kappa shape index (κ3) is 4.23. The highest BCUT2D eigenvalue weighted by molar-refractivity contribution is 9.10. The fraction of sp³-hybridized carbons (Fsp3) is 0.0833. The summed E-state index contributed by atoms with van der Waals surface area (Å²) < 4.78 is 1.02. The molecule has 160 valence electrons. The molecule has 0 saturated carbocycles. The average Bonchev–Trinajstić information content (AvgIpc) is 3.50. The van der Waals surface area contributed by atoms with E-state index in [0.29, 0.717) is 12.8 Å². The zero-order valence-electron chi connectivity index (χ0n) is 17.0. The first-order valence-corrected chi connectivity index (χ1v) is 10.9. The Bertz CT molecular complexity index is 1240. The Balaban J connectivity index is 0.000000165. The van der Waals surface area contributed by atoms with Crippen molar-refractivity contribution in [1.29, 1.82) is 0 Å². The molecule has 0 atom stereocenters. The lowest BCUT2D eigenvalue weighted by molar-refractivity contribution is -0.115. The van der Waals surface area contributed by atoms with Crippen LogP contribution >= 0.6 is 15.9 Å². The van der Waals surface area contributed by atoms with Gasteiger partial charge in [-0.3, -0.25) is 14.6 Å². The summed E-state index contributed by atoms with van der Waals surface area (Å²) in [5, 5.41) is 7.51. The van der Waals surface area contributed by atoms with Gasteiger partial charge in [0.25, 0.3) is 0 Å². The molecule has 0 radical (unpaired) electrons. The van der Waals surface area contributed by atoms with E-state index in [9.17, 15) is 9.59 Å². The lowest BCUT2D eigenvalue weighted by Gasteiger charge is -2.15. The number of benzene rings is 3. The highest BCUT2D eigenvalue weighted by Crippen LogP contribution is 2.29. The molecule has 3 heterocycles. The number of rotatable bonds is 2. The summed E-state index contributed by atoms with van der Waals surface area (Å²) in [4.78, 5) is 22.3. The van der Waals surface area contributed by atoms with Crippen molar-refractivity contribution in [2.24, 2.45) is 0 Å². The van der Waals surface area contributed by atoms with Crippen LogP contribution in [0, 0.1) is 0 Å². The van der Waals surface area contributed by atoms with Gasteiger partial charge in [-0.2, -0.15) is 0 Å². The van der Waals surface area contributed by atoms with Crippen molar-refractivity contribution in [1.82, 2.24) is 11.0 Å². The van der Waals surface area contributed by atoms with Gasteiger partial charge >= 0.3 is 0 Å². The summed E-state index contributed by atoms with van der Waals surface area (Å²) in [6.45, 7) is 0. The zero-order valence-corrected chi connectivity index (χ0v) is 18.6. The Morgan fingerprint density at radius 1 is 0.781 bits per heavy atom. The normalized spacial score (nSPS) is 15.7. The smallest absolute Gasteiger partial charge is 0.228 e. The second-order valence-electron chi connectivity index (χ2n) is 7.61. The SMILES string of the molecule is O=C1Cc2cc(Br)ccc2N1.O=C1Cc2cc(N3C=C(c4ccccc4)NN3)ccc2N1. The van der Waals surface area contributed by atoms with Crippen molar-refractivity contribution in [3.8, 4) is 0 Å². The molecule has 0 fully saturated rings. The van der Waals surface area contributed by atoms with Gasteiger partial charge in [-0.25, -0.2) is 0 Å². The largest absolute Gasteiger partial charge is 0.326 e. The maximum absolute atomic E-state index is 11.4. The number of hydrazine groups is 2. The molecule has 32 heavy (non-hydrogen) atoms. The summed E-state index contributed by atoms with van der Waals surface area (Å²) in [6.07, 6.45) is 2.95. The van der Waals surface area contributed by atoms with Crippen molar-refractivity contribution in [3.63, 3.8) is 0 Å². The van der Waals surface area contributed by atoms with Crippen LogP contribution in [0.1, 0.15) is 16.7 Å². The molecule has 3 aliphatic heterocycles. The first-order chi connectivity index (χ1) is 15.5. The molecule has 0 bridgehead atoms. The van der Waals surface area contributed by atoms with Crippen molar-refractivity contribution < 1.29 is 9.59 Å². The van der Waals surface area contributed by atoms with E-state index in [1.165, 1.54) is 0 Å². The van der Waals surface area contributed by atoms with E-state index in [2.05, 4.69) is 49.7 Å². The molecule has 3 aliphatic rings. The van der Waals surface area contributed by atoms with Gasteiger partial charge in [0, 0.05) is 27.6 Å². The monoisotopic (exact) mass is 489 g/mol. The molecule has 0 saturated heterocycles. The summed E-state index contributed by atoms with van der Waals surface area (Å²) in [6, 6.07) is 21.8. The van der Waals surface area contributed by atoms with Gasteiger partial charge < -0.3 is 16.1 Å². The molecule has 8 heteroatoms. The minimum atomic E-state index is 0.0511. The number of halogens is 1. The van der Waals surface area contributed by atoms with Crippen molar-refractivity contribution in [3.05, 3.63) is 94.1 Å². The molecular weight excluding hydrogens is 470 g/mol. The third-order valence-corrected chi connectivity index (χ3v) is 5.83. The number of nitrogens with one attached hydrogen (secondary N) is 4. The number of carbonyl (C=O) groups excluding carboxylic acids is 2. The van der Waals surface area contributed by atoms with Crippen LogP contribution in [0.3, 0.4) is 0 Å². The van der Waals surface area contributed by atoms with Crippen LogP contribution in [-0.4, -0.2) is 11.8 Å². The van der Waals surface area contributed by atoms with E-state index in [1.54, 1.807) is 0 Å². The molecule has 0 unspecified atom stereocenters. The van der Waals surface area contributed by atoms with Crippen LogP contribution in [0.25, 0.3) is 5.70 Å². The molecule has 2 amide bonds. The highest BCUT2D eigenvalue weighted by Gasteiger charge is 2.20. The summed E-state index contributed by atoms with van der Waals surface area (Å²) in [5.41, 5.74) is 13.3. The minimum Gasteiger partial charge on any atom is -0.326 e. The van der Waals surface area contributed by atoms with E-state index in [4.69, 9.17) is 0 Å². The van der Waals surface area contributed by atoms with E-state index in [-0.39, 0.29) is 11.8 Å². The van der Waals surface area contributed by atoms with Crippen LogP contribution in [0.4, 0.5) is 17.1 Å². The van der Waals surface area contributed by atoms with Gasteiger partial charge in [0.2, 0.25) is 11.8 Å². The Hall–Kier alpha value is -3.62. The molecule has 0 aliphatic carbocycles. The van der Waals surface area contributed by atoms with E-state index in [1.807, 2.05) is 65.8 Å². The Kier molecular flexibility index (Phi) is 5.38. The fourth-order valence-electron chi connectivity index (χ4n) is 3.78. The van der Waals surface area contributed by atoms with Crippen molar-refractivity contribution >= 4 is 50.5 Å². The van der Waals surface area contributed by atoms with Gasteiger partial charge in [0.1, 0.15) is 0 Å². The average molecular weight is 490 g/mol. The van der Waals surface area contributed by atoms with Crippen LogP contribution < -0.4 is 26.6 Å². The molecule has 3 aromatic carbocycles. The molecule has 6 rings (SSSR count). The first kappa shape index (κ1) is 20.3. The van der Waals surface area contributed by atoms with Gasteiger partial charge in [-0.05, 0) is 47.5 Å². The lowest BCUT2D eigenvalue weighted by atomic mass is 10.1. The molecule has 4 N–H and O–H groups in total. The number of nitrogens with zero attached hydrogens (tertiary/aromatic N) is 1. The van der Waals surface area contributed by atoms with Crippen molar-refractivity contribution in [2.75, 3.05) is 15.6 Å². The van der Waals surface area contributed by atoms with Crippen LogP contribution in [0.2, 0.25) is 0 Å². The second-order valence-corrected chi connectivity index (χ2v) is 8.52. The van der Waals surface area contributed by atoms with Gasteiger partial charge in [0.15, 0.2) is 0 Å². The van der Waals surface area contributed by atoms with E-state index >= 15 is 0 Å². The Labute approximate surface area is 193 Å². The summed E-state index contributed by atoms with van der Waals surface area (Å²) in [5.74, 6) is 0.133. The van der Waals surface area contributed by atoms with E-state index in [0.717, 1.165) is 43.9 Å². The van der Waals surface area contributed by atoms with Crippen LogP contribution in [-0.2, 0) is 22.4 Å². The molecule has 0 aromatic heterocycles. The standard InChI is InChI=1S/C16H14N4O.C8H6BrNO/c21-16-9-12-8-13(6-7-14(12)17-16)20-10-15(18-19-20)11-4-2-1-3-5-11;9-6-1-2-7-5(3-6)4-8(11)10-7/h1-8,10,18-19H,9H2,(H,17,21);1-3H,4H2,(H,10,11). The van der Waals surface area contributed by atoms with E-state index < -0.39 is 0 Å². The predicted octanol–water partition coefficient (Wildman–Crippen LogP) is 3.95. The minimum absolute atomic E-state index is 0.0511. The summed E-state index contributed by atoms with van der Waals surface area (Å²) >= 11 is 3.35. The third-order valence-electron chi connectivity index (χ3n) is 5.34. The maximum atomic E-state index is 11.4. The number of carbonyl (C=O) groups is 2. The predicted molar refractivity (Wildman–Crippen MR) is 128 cm³/mol. The topological polar surface area (TPSA) is 85.5 Å². The number of hydrogen-bond acceptors (Lipinski definition) is 5. The number of amides is 2. The van der Waals surface area contributed by atoms with Gasteiger partial charge in [0.05, 0.1) is 24.2 Å². The molecule has 3 aromatic rings. The van der Waals surface area contributed by atoms with Crippen molar-refractivity contribution in [2.45, 2.75) is 12.8 Å². The number of anilines is 3. The second kappa shape index (κ2) is 8.49. The number of hydrogen-bond donors (Lipinski definition) is 4. The van der Waals surface area contributed by atoms with Gasteiger partial charge in [-0.15, -0.1) is 5.53 Å². The molecule has 7 nitrogen and oxygen atoms in total. The maximum Gasteiger partial charge on any atom is 0.228 e. The number of fused-ring (bicyclic) bond motifs is 2.